The van der Waals surface area contributed by atoms with E-state index < -0.39 is 0 Å². The van der Waals surface area contributed by atoms with Gasteiger partial charge in [-0.2, -0.15) is 10.1 Å². The molecule has 0 unspecified atom stereocenters. The van der Waals surface area contributed by atoms with Gasteiger partial charge in [0.15, 0.2) is 0 Å². The number of fused-ring (bicyclic) bond motifs is 1. The standard InChI is InChI=1S/C25H23N3O3S/c1-4-31-20-11-9-19(10-12-20)24(29)28(26-16-18-7-5-17(2)6-8-18)25-27-22-14-13-21(30-3)15-23(22)32-25/h5-16H,4H2,1-3H3/b26-16+. The summed E-state index contributed by atoms with van der Waals surface area (Å²) in [7, 11) is 1.62. The Kier molecular flexibility index (Phi) is 6.47. The Morgan fingerprint density at radius 3 is 2.47 bits per heavy atom. The number of rotatable bonds is 7. The number of anilines is 1. The first-order valence-corrected chi connectivity index (χ1v) is 11.0. The summed E-state index contributed by atoms with van der Waals surface area (Å²) in [6, 6.07) is 20.6. The third kappa shape index (κ3) is 4.78. The number of hydrazone groups is 1. The van der Waals surface area contributed by atoms with E-state index in [9.17, 15) is 4.79 Å². The maximum Gasteiger partial charge on any atom is 0.280 e. The molecule has 32 heavy (non-hydrogen) atoms. The minimum atomic E-state index is -0.276. The molecule has 1 amide bonds. The monoisotopic (exact) mass is 445 g/mol. The van der Waals surface area contributed by atoms with Crippen LogP contribution in [0.5, 0.6) is 11.5 Å². The first kappa shape index (κ1) is 21.5. The van der Waals surface area contributed by atoms with Crippen LogP contribution in [0.1, 0.15) is 28.4 Å². The molecule has 3 aromatic carbocycles. The predicted molar refractivity (Wildman–Crippen MR) is 129 cm³/mol. The van der Waals surface area contributed by atoms with Crippen molar-refractivity contribution in [3.05, 3.63) is 83.4 Å². The molecule has 0 aliphatic heterocycles. The van der Waals surface area contributed by atoms with Crippen molar-refractivity contribution in [2.75, 3.05) is 18.7 Å². The summed E-state index contributed by atoms with van der Waals surface area (Å²) < 4.78 is 11.7. The molecule has 7 heteroatoms. The Morgan fingerprint density at radius 1 is 1.06 bits per heavy atom. The molecular weight excluding hydrogens is 422 g/mol. The highest BCUT2D eigenvalue weighted by Crippen LogP contribution is 2.32. The molecule has 6 nitrogen and oxygen atoms in total. The number of methoxy groups -OCH3 is 1. The van der Waals surface area contributed by atoms with Gasteiger partial charge in [0.25, 0.3) is 5.91 Å². The largest absolute Gasteiger partial charge is 0.497 e. The van der Waals surface area contributed by atoms with Crippen molar-refractivity contribution in [3.8, 4) is 11.5 Å². The molecule has 0 saturated heterocycles. The zero-order valence-corrected chi connectivity index (χ0v) is 18.9. The molecule has 0 saturated carbocycles. The summed E-state index contributed by atoms with van der Waals surface area (Å²) in [6.45, 7) is 4.51. The van der Waals surface area contributed by atoms with Crippen molar-refractivity contribution >= 4 is 38.8 Å². The molecule has 4 rings (SSSR count). The lowest BCUT2D eigenvalue weighted by atomic mass is 10.2. The molecule has 4 aromatic rings. The fourth-order valence-electron chi connectivity index (χ4n) is 3.06. The lowest BCUT2D eigenvalue weighted by Gasteiger charge is -2.14. The van der Waals surface area contributed by atoms with Crippen LogP contribution in [0.25, 0.3) is 10.2 Å². The molecule has 1 aromatic heterocycles. The van der Waals surface area contributed by atoms with Gasteiger partial charge in [0, 0.05) is 5.56 Å². The highest BCUT2D eigenvalue weighted by atomic mass is 32.1. The number of aromatic nitrogens is 1. The predicted octanol–water partition coefficient (Wildman–Crippen LogP) is 5.69. The van der Waals surface area contributed by atoms with E-state index >= 15 is 0 Å². The zero-order chi connectivity index (χ0) is 22.5. The topological polar surface area (TPSA) is 64.0 Å². The van der Waals surface area contributed by atoms with Gasteiger partial charge in [-0.25, -0.2) is 4.98 Å². The average molecular weight is 446 g/mol. The van der Waals surface area contributed by atoms with Crippen molar-refractivity contribution in [2.45, 2.75) is 13.8 Å². The van der Waals surface area contributed by atoms with Crippen LogP contribution in [0, 0.1) is 6.92 Å². The molecule has 1 heterocycles. The van der Waals surface area contributed by atoms with Crippen LogP contribution in [0.15, 0.2) is 71.8 Å². The van der Waals surface area contributed by atoms with E-state index in [1.54, 1.807) is 37.6 Å². The van der Waals surface area contributed by atoms with Crippen molar-refractivity contribution in [3.63, 3.8) is 0 Å². The van der Waals surface area contributed by atoms with E-state index in [0.717, 1.165) is 27.1 Å². The van der Waals surface area contributed by atoms with Crippen molar-refractivity contribution in [1.82, 2.24) is 4.98 Å². The van der Waals surface area contributed by atoms with E-state index in [1.165, 1.54) is 16.3 Å². The maximum atomic E-state index is 13.4. The average Bonchev–Trinajstić information content (AvgIpc) is 3.24. The van der Waals surface area contributed by atoms with Crippen LogP contribution in [-0.4, -0.2) is 30.8 Å². The van der Waals surface area contributed by atoms with E-state index in [2.05, 4.69) is 10.1 Å². The van der Waals surface area contributed by atoms with Crippen molar-refractivity contribution < 1.29 is 14.3 Å². The van der Waals surface area contributed by atoms with Gasteiger partial charge in [-0.15, -0.1) is 0 Å². The molecule has 0 atom stereocenters. The van der Waals surface area contributed by atoms with Gasteiger partial charge in [-0.1, -0.05) is 41.2 Å². The Labute approximate surface area is 190 Å². The van der Waals surface area contributed by atoms with Crippen LogP contribution in [0.2, 0.25) is 0 Å². The molecule has 162 valence electrons. The van der Waals surface area contributed by atoms with Gasteiger partial charge in [0.05, 0.1) is 30.1 Å². The maximum absolute atomic E-state index is 13.4. The van der Waals surface area contributed by atoms with Gasteiger partial charge in [0.2, 0.25) is 5.13 Å². The highest BCUT2D eigenvalue weighted by molar-refractivity contribution is 7.22. The Balaban J connectivity index is 1.71. The summed E-state index contributed by atoms with van der Waals surface area (Å²) in [4.78, 5) is 18.0. The highest BCUT2D eigenvalue weighted by Gasteiger charge is 2.21. The number of thiazole rings is 1. The lowest BCUT2D eigenvalue weighted by Crippen LogP contribution is -2.25. The van der Waals surface area contributed by atoms with Gasteiger partial charge < -0.3 is 9.47 Å². The van der Waals surface area contributed by atoms with Gasteiger partial charge >= 0.3 is 0 Å². The third-order valence-corrected chi connectivity index (χ3v) is 5.76. The summed E-state index contributed by atoms with van der Waals surface area (Å²) in [5, 5.41) is 6.33. The van der Waals surface area contributed by atoms with Crippen molar-refractivity contribution in [2.24, 2.45) is 5.10 Å². The van der Waals surface area contributed by atoms with E-state index in [0.29, 0.717) is 23.1 Å². The number of hydrogen-bond acceptors (Lipinski definition) is 6. The molecule has 0 bridgehead atoms. The minimum absolute atomic E-state index is 0.276. The molecule has 0 spiro atoms. The molecule has 0 radical (unpaired) electrons. The second kappa shape index (κ2) is 9.62. The number of carbonyl (C=O) groups excluding carboxylic acids is 1. The molecule has 0 aliphatic rings. The summed E-state index contributed by atoms with van der Waals surface area (Å²) in [6.07, 6.45) is 1.67. The molecule has 0 N–H and O–H groups in total. The first-order chi connectivity index (χ1) is 15.6. The van der Waals surface area contributed by atoms with Crippen molar-refractivity contribution in [1.29, 1.82) is 0 Å². The minimum Gasteiger partial charge on any atom is -0.497 e. The second-order valence-corrected chi connectivity index (χ2v) is 8.07. The zero-order valence-electron chi connectivity index (χ0n) is 18.1. The Morgan fingerprint density at radius 2 is 1.78 bits per heavy atom. The quantitative estimate of drug-likeness (QED) is 0.271. The number of ether oxygens (including phenoxy) is 2. The third-order valence-electron chi connectivity index (χ3n) is 4.77. The fraction of sp³-hybridized carbons (Fsp3) is 0.160. The number of hydrogen-bond donors (Lipinski definition) is 0. The smallest absolute Gasteiger partial charge is 0.280 e. The van der Waals surface area contributed by atoms with Gasteiger partial charge in [0.1, 0.15) is 11.5 Å². The number of nitrogens with zero attached hydrogens (tertiary/aromatic N) is 3. The van der Waals surface area contributed by atoms with E-state index in [1.807, 2.05) is 56.3 Å². The van der Waals surface area contributed by atoms with Crippen LogP contribution in [-0.2, 0) is 0 Å². The second-order valence-electron chi connectivity index (χ2n) is 7.06. The van der Waals surface area contributed by atoms with Crippen LogP contribution >= 0.6 is 11.3 Å². The van der Waals surface area contributed by atoms with Crippen LogP contribution < -0.4 is 14.5 Å². The van der Waals surface area contributed by atoms with E-state index in [-0.39, 0.29) is 5.91 Å². The SMILES string of the molecule is CCOc1ccc(C(=O)N(/N=C/c2ccc(C)cc2)c2nc3ccc(OC)cc3s2)cc1. The summed E-state index contributed by atoms with van der Waals surface area (Å²) in [5.74, 6) is 1.17. The lowest BCUT2D eigenvalue weighted by molar-refractivity contribution is 0.0988. The number of benzene rings is 3. The van der Waals surface area contributed by atoms with Gasteiger partial charge in [-0.3, -0.25) is 4.79 Å². The fourth-order valence-corrected chi connectivity index (χ4v) is 4.01. The molecule has 0 fully saturated rings. The first-order valence-electron chi connectivity index (χ1n) is 10.2. The normalized spacial score (nSPS) is 11.1. The van der Waals surface area contributed by atoms with Crippen LogP contribution in [0.4, 0.5) is 5.13 Å². The molecular formula is C25H23N3O3S. The Bertz CT molecular complexity index is 1250. The van der Waals surface area contributed by atoms with E-state index in [4.69, 9.17) is 9.47 Å². The summed E-state index contributed by atoms with van der Waals surface area (Å²) in [5.41, 5.74) is 3.32. The number of carbonyl (C=O) groups is 1. The number of aryl methyl sites for hydroxylation is 1. The Hall–Kier alpha value is -3.71. The molecule has 0 aliphatic carbocycles. The summed E-state index contributed by atoms with van der Waals surface area (Å²) >= 11 is 1.38. The van der Waals surface area contributed by atoms with Gasteiger partial charge in [-0.05, 0) is 61.9 Å². The van der Waals surface area contributed by atoms with Crippen LogP contribution in [0.3, 0.4) is 0 Å². The number of amides is 1.